The van der Waals surface area contributed by atoms with Gasteiger partial charge in [0, 0.05) is 18.2 Å². The summed E-state index contributed by atoms with van der Waals surface area (Å²) in [5.41, 5.74) is 1.31. The lowest BCUT2D eigenvalue weighted by Gasteiger charge is -2.17. The zero-order valence-electron chi connectivity index (χ0n) is 16.4. The Kier molecular flexibility index (Phi) is 6.60. The van der Waals surface area contributed by atoms with Crippen LogP contribution in [0.2, 0.25) is 0 Å². The van der Waals surface area contributed by atoms with E-state index in [4.69, 9.17) is 0 Å². The number of hydrogen-bond donors (Lipinski definition) is 1. The Morgan fingerprint density at radius 1 is 1.15 bits per heavy atom. The summed E-state index contributed by atoms with van der Waals surface area (Å²) in [6.45, 7) is 7.73. The molecule has 26 heavy (non-hydrogen) atoms. The van der Waals surface area contributed by atoms with Gasteiger partial charge in [-0.2, -0.15) is 5.10 Å². The number of benzene rings is 1. The molecule has 6 nitrogen and oxygen atoms in total. The average molecular weight is 379 g/mol. The Labute approximate surface area is 157 Å². The molecule has 0 aliphatic rings. The SMILES string of the molecule is CN(C)CCCNS(=O)(=O)c1cn(Cc2ccccc2)nc1C(C)(C)C. The largest absolute Gasteiger partial charge is 0.309 e. The van der Waals surface area contributed by atoms with Crippen molar-refractivity contribution in [1.82, 2.24) is 19.4 Å². The second-order valence-corrected chi connectivity index (χ2v) is 9.57. The summed E-state index contributed by atoms with van der Waals surface area (Å²) in [6, 6.07) is 9.90. The topological polar surface area (TPSA) is 67.2 Å². The smallest absolute Gasteiger partial charge is 0.243 e. The highest BCUT2D eigenvalue weighted by molar-refractivity contribution is 7.89. The van der Waals surface area contributed by atoms with Gasteiger partial charge in [0.05, 0.1) is 12.2 Å². The van der Waals surface area contributed by atoms with E-state index in [9.17, 15) is 8.42 Å². The summed E-state index contributed by atoms with van der Waals surface area (Å²) in [5.74, 6) is 0. The van der Waals surface area contributed by atoms with Crippen LogP contribution in [0, 0.1) is 0 Å². The molecule has 0 fully saturated rings. The Hall–Kier alpha value is -1.70. The molecule has 2 rings (SSSR count). The monoisotopic (exact) mass is 378 g/mol. The lowest BCUT2D eigenvalue weighted by atomic mass is 9.92. The molecule has 0 atom stereocenters. The van der Waals surface area contributed by atoms with E-state index in [1.807, 2.05) is 70.1 Å². The van der Waals surface area contributed by atoms with Gasteiger partial charge in [-0.05, 0) is 32.6 Å². The highest BCUT2D eigenvalue weighted by Crippen LogP contribution is 2.27. The predicted molar refractivity (Wildman–Crippen MR) is 105 cm³/mol. The van der Waals surface area contributed by atoms with E-state index in [0.717, 1.165) is 18.5 Å². The minimum atomic E-state index is -3.60. The molecular formula is C19H30N4O2S. The molecular weight excluding hydrogens is 348 g/mol. The number of nitrogens with zero attached hydrogens (tertiary/aromatic N) is 3. The van der Waals surface area contributed by atoms with Crippen molar-refractivity contribution < 1.29 is 8.42 Å². The third kappa shape index (κ3) is 5.65. The van der Waals surface area contributed by atoms with Gasteiger partial charge in [0.25, 0.3) is 0 Å². The highest BCUT2D eigenvalue weighted by atomic mass is 32.2. The number of sulfonamides is 1. The molecule has 0 bridgehead atoms. The normalized spacial score (nSPS) is 12.7. The number of rotatable bonds is 8. The summed E-state index contributed by atoms with van der Waals surface area (Å²) in [7, 11) is 0.349. The van der Waals surface area contributed by atoms with Crippen molar-refractivity contribution in [3.05, 3.63) is 47.8 Å². The van der Waals surface area contributed by atoms with E-state index < -0.39 is 10.0 Å². The maximum Gasteiger partial charge on any atom is 0.243 e. The lowest BCUT2D eigenvalue weighted by molar-refractivity contribution is 0.400. The molecule has 1 aromatic carbocycles. The van der Waals surface area contributed by atoms with Gasteiger partial charge in [0.1, 0.15) is 4.90 Å². The zero-order valence-corrected chi connectivity index (χ0v) is 17.2. The molecule has 1 aromatic heterocycles. The Bertz CT molecular complexity index is 806. The van der Waals surface area contributed by atoms with Crippen molar-refractivity contribution in [2.24, 2.45) is 0 Å². The van der Waals surface area contributed by atoms with Gasteiger partial charge in [-0.3, -0.25) is 4.68 Å². The van der Waals surface area contributed by atoms with Gasteiger partial charge in [0.2, 0.25) is 10.0 Å². The Morgan fingerprint density at radius 3 is 2.38 bits per heavy atom. The summed E-state index contributed by atoms with van der Waals surface area (Å²) in [6.07, 6.45) is 2.40. The molecule has 0 aliphatic carbocycles. The van der Waals surface area contributed by atoms with Crippen LogP contribution in [0.1, 0.15) is 38.4 Å². The average Bonchev–Trinajstić information content (AvgIpc) is 2.97. The molecule has 1 N–H and O–H groups in total. The maximum atomic E-state index is 12.8. The van der Waals surface area contributed by atoms with Crippen LogP contribution >= 0.6 is 0 Å². The van der Waals surface area contributed by atoms with Crippen LogP contribution < -0.4 is 4.72 Å². The third-order valence-corrected chi connectivity index (χ3v) is 5.45. The summed E-state index contributed by atoms with van der Waals surface area (Å²) < 4.78 is 30.1. The summed E-state index contributed by atoms with van der Waals surface area (Å²) >= 11 is 0. The fourth-order valence-corrected chi connectivity index (χ4v) is 4.08. The van der Waals surface area contributed by atoms with Crippen molar-refractivity contribution >= 4 is 10.0 Å². The molecule has 144 valence electrons. The molecule has 1 heterocycles. The van der Waals surface area contributed by atoms with Crippen LogP contribution in [0.15, 0.2) is 41.4 Å². The van der Waals surface area contributed by atoms with Gasteiger partial charge < -0.3 is 4.90 Å². The van der Waals surface area contributed by atoms with Gasteiger partial charge in [-0.25, -0.2) is 13.1 Å². The van der Waals surface area contributed by atoms with Gasteiger partial charge >= 0.3 is 0 Å². The molecule has 0 radical (unpaired) electrons. The fourth-order valence-electron chi connectivity index (χ4n) is 2.65. The summed E-state index contributed by atoms with van der Waals surface area (Å²) in [5, 5.41) is 4.59. The van der Waals surface area contributed by atoms with Crippen molar-refractivity contribution in [2.75, 3.05) is 27.2 Å². The third-order valence-electron chi connectivity index (χ3n) is 3.99. The minimum Gasteiger partial charge on any atom is -0.309 e. The second kappa shape index (κ2) is 8.33. The fraction of sp³-hybridized carbons (Fsp3) is 0.526. The van der Waals surface area contributed by atoms with Crippen LogP contribution in [-0.4, -0.2) is 50.3 Å². The van der Waals surface area contributed by atoms with E-state index >= 15 is 0 Å². The van der Waals surface area contributed by atoms with E-state index in [-0.39, 0.29) is 10.3 Å². The van der Waals surface area contributed by atoms with Gasteiger partial charge in [-0.1, -0.05) is 51.1 Å². The molecule has 0 aliphatic heterocycles. The number of hydrogen-bond acceptors (Lipinski definition) is 4. The van der Waals surface area contributed by atoms with Crippen molar-refractivity contribution in [3.63, 3.8) is 0 Å². The van der Waals surface area contributed by atoms with E-state index in [1.165, 1.54) is 0 Å². The van der Waals surface area contributed by atoms with Crippen molar-refractivity contribution in [1.29, 1.82) is 0 Å². The first kappa shape index (κ1) is 20.6. The number of nitrogens with one attached hydrogen (secondary N) is 1. The van der Waals surface area contributed by atoms with E-state index in [1.54, 1.807) is 10.9 Å². The second-order valence-electron chi connectivity index (χ2n) is 7.83. The molecule has 0 unspecified atom stereocenters. The number of aromatic nitrogens is 2. The molecule has 0 saturated heterocycles. The van der Waals surface area contributed by atoms with Crippen LogP contribution in [-0.2, 0) is 22.0 Å². The predicted octanol–water partition coefficient (Wildman–Crippen LogP) is 2.46. The Morgan fingerprint density at radius 2 is 1.81 bits per heavy atom. The first-order valence-electron chi connectivity index (χ1n) is 8.86. The van der Waals surface area contributed by atoms with Crippen LogP contribution in [0.4, 0.5) is 0 Å². The van der Waals surface area contributed by atoms with Crippen LogP contribution in [0.3, 0.4) is 0 Å². The molecule has 7 heteroatoms. The van der Waals surface area contributed by atoms with Gasteiger partial charge in [-0.15, -0.1) is 0 Å². The van der Waals surface area contributed by atoms with E-state index in [0.29, 0.717) is 18.8 Å². The van der Waals surface area contributed by atoms with Crippen LogP contribution in [0.25, 0.3) is 0 Å². The molecule has 0 amide bonds. The van der Waals surface area contributed by atoms with Gasteiger partial charge in [0.15, 0.2) is 0 Å². The zero-order chi connectivity index (χ0) is 19.4. The first-order chi connectivity index (χ1) is 12.1. The summed E-state index contributed by atoms with van der Waals surface area (Å²) in [4.78, 5) is 2.30. The molecule has 0 saturated carbocycles. The lowest BCUT2D eigenvalue weighted by Crippen LogP contribution is -2.29. The van der Waals surface area contributed by atoms with Crippen LogP contribution in [0.5, 0.6) is 0 Å². The van der Waals surface area contributed by atoms with Crippen molar-refractivity contribution in [3.8, 4) is 0 Å². The molecule has 0 spiro atoms. The first-order valence-corrected chi connectivity index (χ1v) is 10.3. The van der Waals surface area contributed by atoms with Crippen molar-refractivity contribution in [2.45, 2.75) is 44.0 Å². The highest BCUT2D eigenvalue weighted by Gasteiger charge is 2.29. The van der Waals surface area contributed by atoms with E-state index in [2.05, 4.69) is 9.82 Å². The standard InChI is InChI=1S/C19H30N4O2S/c1-19(2,3)18-17(26(24,25)20-12-9-13-22(4)5)15-23(21-18)14-16-10-7-6-8-11-16/h6-8,10-11,15,20H,9,12-14H2,1-5H3. The minimum absolute atomic E-state index is 0.269. The maximum absolute atomic E-state index is 12.8. The molecule has 2 aromatic rings. The Balaban J connectivity index is 2.25. The quantitative estimate of drug-likeness (QED) is 0.717.